The Balaban J connectivity index is 1.74. The van der Waals surface area contributed by atoms with Gasteiger partial charge < -0.3 is 10.2 Å². The van der Waals surface area contributed by atoms with E-state index < -0.39 is 0 Å². The topological polar surface area (TPSA) is 28.2 Å². The molecular formula is C17H29N3S. The highest BCUT2D eigenvalue weighted by atomic mass is 32.1. The first-order valence-electron chi connectivity index (χ1n) is 8.61. The van der Waals surface area contributed by atoms with Crippen LogP contribution in [0, 0.1) is 5.92 Å². The molecule has 118 valence electrons. The van der Waals surface area contributed by atoms with E-state index in [1.807, 2.05) is 11.3 Å². The summed E-state index contributed by atoms with van der Waals surface area (Å²) in [6.45, 7) is 10.2. The lowest BCUT2D eigenvalue weighted by atomic mass is 10.0. The van der Waals surface area contributed by atoms with E-state index in [9.17, 15) is 0 Å². The van der Waals surface area contributed by atoms with Crippen LogP contribution in [0.2, 0.25) is 0 Å². The number of nitrogens with one attached hydrogen (secondary N) is 1. The Labute approximate surface area is 133 Å². The molecule has 1 saturated heterocycles. The van der Waals surface area contributed by atoms with Crippen LogP contribution in [-0.4, -0.2) is 24.1 Å². The van der Waals surface area contributed by atoms with Gasteiger partial charge in [-0.05, 0) is 38.0 Å². The van der Waals surface area contributed by atoms with Crippen LogP contribution in [-0.2, 0) is 6.54 Å². The average Bonchev–Trinajstić information content (AvgIpc) is 3.23. The molecule has 1 aromatic rings. The lowest BCUT2D eigenvalue weighted by Gasteiger charge is -2.18. The Morgan fingerprint density at radius 2 is 2.05 bits per heavy atom. The smallest absolute Gasteiger partial charge is 0.185 e. The van der Waals surface area contributed by atoms with E-state index in [0.717, 1.165) is 18.4 Å². The van der Waals surface area contributed by atoms with Crippen LogP contribution in [0.3, 0.4) is 0 Å². The van der Waals surface area contributed by atoms with Crippen molar-refractivity contribution in [3.05, 3.63) is 10.6 Å². The van der Waals surface area contributed by atoms with Crippen LogP contribution in [0.4, 0.5) is 5.13 Å². The molecule has 1 N–H and O–H groups in total. The van der Waals surface area contributed by atoms with Crippen molar-refractivity contribution in [2.24, 2.45) is 5.92 Å². The molecular weight excluding hydrogens is 278 g/mol. The largest absolute Gasteiger partial charge is 0.348 e. The number of nitrogens with zero attached hydrogens (tertiary/aromatic N) is 2. The Morgan fingerprint density at radius 3 is 2.76 bits per heavy atom. The molecule has 2 heterocycles. The van der Waals surface area contributed by atoms with Crippen LogP contribution >= 0.6 is 11.3 Å². The maximum Gasteiger partial charge on any atom is 0.185 e. The quantitative estimate of drug-likeness (QED) is 0.886. The minimum atomic E-state index is 0.543. The van der Waals surface area contributed by atoms with Crippen LogP contribution in [0.15, 0.2) is 0 Å². The summed E-state index contributed by atoms with van der Waals surface area (Å²) in [5.41, 5.74) is 1.40. The summed E-state index contributed by atoms with van der Waals surface area (Å²) in [7, 11) is 0. The van der Waals surface area contributed by atoms with Gasteiger partial charge in [0.05, 0.1) is 5.69 Å². The van der Waals surface area contributed by atoms with Gasteiger partial charge in [0, 0.05) is 36.5 Å². The predicted octanol–water partition coefficient (Wildman–Crippen LogP) is 4.14. The zero-order chi connectivity index (χ0) is 14.8. The number of anilines is 1. The third-order valence-electron chi connectivity index (χ3n) is 4.64. The molecule has 0 radical (unpaired) electrons. The third-order valence-corrected chi connectivity index (χ3v) is 5.77. The van der Waals surface area contributed by atoms with Gasteiger partial charge in [-0.2, -0.15) is 0 Å². The van der Waals surface area contributed by atoms with Crippen LogP contribution in [0.5, 0.6) is 0 Å². The highest BCUT2D eigenvalue weighted by Gasteiger charge is 2.30. The molecule has 1 aromatic heterocycles. The summed E-state index contributed by atoms with van der Waals surface area (Å²) in [6, 6.07) is 0.543. The van der Waals surface area contributed by atoms with Gasteiger partial charge in [0.1, 0.15) is 0 Å². The molecule has 1 saturated carbocycles. The number of rotatable bonds is 5. The number of hydrogen-bond acceptors (Lipinski definition) is 4. The van der Waals surface area contributed by atoms with Crippen molar-refractivity contribution >= 4 is 16.5 Å². The molecule has 1 aliphatic heterocycles. The van der Waals surface area contributed by atoms with Gasteiger partial charge in [-0.25, -0.2) is 4.98 Å². The minimum Gasteiger partial charge on any atom is -0.348 e. The van der Waals surface area contributed by atoms with E-state index in [-0.39, 0.29) is 0 Å². The van der Waals surface area contributed by atoms with Crippen molar-refractivity contribution in [3.8, 4) is 0 Å². The second kappa shape index (κ2) is 6.66. The fourth-order valence-electron chi connectivity index (χ4n) is 3.04. The summed E-state index contributed by atoms with van der Waals surface area (Å²) in [5.74, 6) is 1.63. The molecule has 1 unspecified atom stereocenters. The van der Waals surface area contributed by atoms with E-state index in [1.165, 1.54) is 60.9 Å². The Kier molecular flexibility index (Phi) is 4.85. The summed E-state index contributed by atoms with van der Waals surface area (Å²) in [4.78, 5) is 9.07. The van der Waals surface area contributed by atoms with Crippen molar-refractivity contribution in [2.45, 2.75) is 71.4 Å². The normalized spacial score (nSPS) is 23.6. The second-order valence-electron chi connectivity index (χ2n) is 7.14. The summed E-state index contributed by atoms with van der Waals surface area (Å²) >= 11 is 1.94. The van der Waals surface area contributed by atoms with Gasteiger partial charge in [-0.15, -0.1) is 11.3 Å². The molecule has 2 aliphatic rings. The van der Waals surface area contributed by atoms with Gasteiger partial charge in [-0.3, -0.25) is 0 Å². The van der Waals surface area contributed by atoms with Crippen molar-refractivity contribution in [1.82, 2.24) is 10.3 Å². The fourth-order valence-corrected chi connectivity index (χ4v) is 4.19. The maximum atomic E-state index is 5.04. The van der Waals surface area contributed by atoms with Crippen LogP contribution in [0.1, 0.15) is 69.4 Å². The summed E-state index contributed by atoms with van der Waals surface area (Å²) < 4.78 is 0. The van der Waals surface area contributed by atoms with Gasteiger partial charge in [0.25, 0.3) is 0 Å². The molecule has 2 fully saturated rings. The zero-order valence-electron chi connectivity index (χ0n) is 13.7. The fraction of sp³-hybridized carbons (Fsp3) is 0.824. The summed E-state index contributed by atoms with van der Waals surface area (Å²) in [6.07, 6.45) is 6.69. The first-order chi connectivity index (χ1) is 10.1. The third kappa shape index (κ3) is 3.98. The Morgan fingerprint density at radius 1 is 1.24 bits per heavy atom. The molecule has 0 bridgehead atoms. The lowest BCUT2D eigenvalue weighted by molar-refractivity contribution is 0.521. The molecule has 0 spiro atoms. The first-order valence-corrected chi connectivity index (χ1v) is 9.43. The Bertz CT molecular complexity index is 465. The van der Waals surface area contributed by atoms with Crippen LogP contribution in [0.25, 0.3) is 0 Å². The van der Waals surface area contributed by atoms with E-state index in [2.05, 4.69) is 31.0 Å². The zero-order valence-corrected chi connectivity index (χ0v) is 14.5. The highest BCUT2D eigenvalue weighted by Crippen LogP contribution is 2.44. The number of hydrogen-bond donors (Lipinski definition) is 1. The standard InChI is InChI=1S/C17H29N3S/c1-12(2)18-11-15-16(14-6-7-14)19-17(21-15)20-9-4-5-13(3)8-10-20/h12-14,18H,4-11H2,1-3H3. The first kappa shape index (κ1) is 15.3. The molecule has 21 heavy (non-hydrogen) atoms. The molecule has 1 aliphatic carbocycles. The molecule has 3 nitrogen and oxygen atoms in total. The molecule has 1 atom stereocenters. The number of thiazole rings is 1. The van der Waals surface area contributed by atoms with E-state index >= 15 is 0 Å². The van der Waals surface area contributed by atoms with Crippen molar-refractivity contribution < 1.29 is 0 Å². The maximum absolute atomic E-state index is 5.04. The SMILES string of the molecule is CC1CCCN(c2nc(C3CC3)c(CNC(C)C)s2)CC1. The van der Waals surface area contributed by atoms with Gasteiger partial charge in [0.15, 0.2) is 5.13 Å². The molecule has 4 heteroatoms. The second-order valence-corrected chi connectivity index (χ2v) is 8.20. The van der Waals surface area contributed by atoms with Gasteiger partial charge >= 0.3 is 0 Å². The monoisotopic (exact) mass is 307 g/mol. The number of aromatic nitrogens is 1. The predicted molar refractivity (Wildman–Crippen MR) is 91.3 cm³/mol. The van der Waals surface area contributed by atoms with Crippen molar-refractivity contribution in [2.75, 3.05) is 18.0 Å². The van der Waals surface area contributed by atoms with Crippen molar-refractivity contribution in [1.29, 1.82) is 0 Å². The van der Waals surface area contributed by atoms with Gasteiger partial charge in [-0.1, -0.05) is 20.8 Å². The summed E-state index contributed by atoms with van der Waals surface area (Å²) in [5, 5.41) is 4.86. The van der Waals surface area contributed by atoms with Gasteiger partial charge in [0.2, 0.25) is 0 Å². The minimum absolute atomic E-state index is 0.543. The molecule has 3 rings (SSSR count). The highest BCUT2D eigenvalue weighted by molar-refractivity contribution is 7.15. The van der Waals surface area contributed by atoms with Crippen LogP contribution < -0.4 is 10.2 Å². The van der Waals surface area contributed by atoms with Crippen molar-refractivity contribution in [3.63, 3.8) is 0 Å². The molecule has 0 aromatic carbocycles. The Hall–Kier alpha value is -0.610. The van der Waals surface area contributed by atoms with E-state index in [0.29, 0.717) is 6.04 Å². The van der Waals surface area contributed by atoms with E-state index in [4.69, 9.17) is 4.98 Å². The molecule has 0 amide bonds. The van der Waals surface area contributed by atoms with E-state index in [1.54, 1.807) is 0 Å². The average molecular weight is 308 g/mol. The lowest BCUT2D eigenvalue weighted by Crippen LogP contribution is -2.23.